The zero-order valence-corrected chi connectivity index (χ0v) is 33.0. The summed E-state index contributed by atoms with van der Waals surface area (Å²) in [5, 5.41) is 8.37. The number of benzene rings is 9. The molecule has 0 aliphatic carbocycles. The first kappa shape index (κ1) is 34.4. The molecule has 1 N–H and O–H groups in total. The molecule has 0 unspecified atom stereocenters. The van der Waals surface area contributed by atoms with Crippen LogP contribution in [0.1, 0.15) is 11.1 Å². The summed E-state index contributed by atoms with van der Waals surface area (Å²) in [6.07, 6.45) is 0. The molecule has 0 saturated carbocycles. The van der Waals surface area contributed by atoms with Gasteiger partial charge in [0.1, 0.15) is 5.58 Å². The van der Waals surface area contributed by atoms with Gasteiger partial charge < -0.3 is 24.1 Å². The van der Waals surface area contributed by atoms with Gasteiger partial charge in [-0.3, -0.25) is 0 Å². The third-order valence-corrected chi connectivity index (χ3v) is 11.9. The molecule has 10 aromatic rings. The van der Waals surface area contributed by atoms with Crippen LogP contribution in [0.4, 0.5) is 28.4 Å². The van der Waals surface area contributed by atoms with Gasteiger partial charge in [0.2, 0.25) is 0 Å². The Balaban J connectivity index is 1.07. The zero-order chi connectivity index (χ0) is 39.9. The quantitative estimate of drug-likeness (QED) is 0.177. The number of aryl methyl sites for hydroxylation is 2. The number of rotatable bonds is 5. The zero-order valence-electron chi connectivity index (χ0n) is 33.0. The molecule has 1 radical (unpaired) electrons. The van der Waals surface area contributed by atoms with E-state index in [0.29, 0.717) is 23.0 Å². The highest BCUT2D eigenvalue weighted by molar-refractivity contribution is 6.73. The summed E-state index contributed by atoms with van der Waals surface area (Å²) < 4.78 is 19.5. The average Bonchev–Trinajstić information content (AvgIpc) is 3.67. The van der Waals surface area contributed by atoms with Crippen LogP contribution in [0.2, 0.25) is 0 Å². The molecule has 3 heterocycles. The smallest absolute Gasteiger partial charge is 0.198 e. The Hall–Kier alpha value is -7.70. The third-order valence-electron chi connectivity index (χ3n) is 11.9. The Morgan fingerprint density at radius 3 is 2.02 bits per heavy atom. The van der Waals surface area contributed by atoms with Crippen molar-refractivity contribution in [1.29, 1.82) is 0 Å². The molecular weight excluding hydrogens is 735 g/mol. The van der Waals surface area contributed by atoms with Gasteiger partial charge in [-0.2, -0.15) is 0 Å². The van der Waals surface area contributed by atoms with Crippen molar-refractivity contribution in [3.8, 4) is 45.3 Å². The molecule has 0 spiro atoms. The van der Waals surface area contributed by atoms with Crippen LogP contribution < -0.4 is 30.6 Å². The Labute approximate surface area is 348 Å². The fourth-order valence-electron chi connectivity index (χ4n) is 9.05. The maximum Gasteiger partial charge on any atom is 0.198 e. The predicted molar refractivity (Wildman–Crippen MR) is 248 cm³/mol. The fourth-order valence-corrected chi connectivity index (χ4v) is 9.05. The van der Waals surface area contributed by atoms with Crippen LogP contribution in [0.3, 0.4) is 0 Å². The molecule has 0 bridgehead atoms. The number of ether oxygens (including phenoxy) is 2. The minimum atomic E-state index is 0.682. The van der Waals surface area contributed by atoms with E-state index in [-0.39, 0.29) is 0 Å². The molecule has 6 heteroatoms. The summed E-state index contributed by atoms with van der Waals surface area (Å²) in [5.74, 6) is 2.77. The molecule has 0 amide bonds. The van der Waals surface area contributed by atoms with Gasteiger partial charge in [0.25, 0.3) is 0 Å². The number of nitrogens with one attached hydrogen (secondary N) is 1. The van der Waals surface area contributed by atoms with Crippen molar-refractivity contribution in [2.75, 3.05) is 10.2 Å². The van der Waals surface area contributed by atoms with Gasteiger partial charge >= 0.3 is 0 Å². The van der Waals surface area contributed by atoms with Crippen LogP contribution in [0.25, 0.3) is 55.0 Å². The highest BCUT2D eigenvalue weighted by Gasteiger charge is 2.32. The predicted octanol–water partition coefficient (Wildman–Crippen LogP) is 13.8. The van der Waals surface area contributed by atoms with Gasteiger partial charge in [0.05, 0.1) is 5.69 Å². The lowest BCUT2D eigenvalue weighted by Gasteiger charge is -2.37. The number of anilines is 5. The minimum Gasteiger partial charge on any atom is -0.454 e. The van der Waals surface area contributed by atoms with E-state index in [4.69, 9.17) is 13.9 Å². The van der Waals surface area contributed by atoms with Crippen molar-refractivity contribution >= 4 is 79.4 Å². The molecule has 2 aliphatic heterocycles. The van der Waals surface area contributed by atoms with Crippen LogP contribution in [0, 0.1) is 13.8 Å². The summed E-state index contributed by atoms with van der Waals surface area (Å²) >= 11 is 0. The van der Waals surface area contributed by atoms with Gasteiger partial charge in [-0.1, -0.05) is 115 Å². The van der Waals surface area contributed by atoms with Gasteiger partial charge in [0.15, 0.2) is 35.9 Å². The van der Waals surface area contributed by atoms with Crippen LogP contribution >= 0.6 is 0 Å². The van der Waals surface area contributed by atoms with E-state index in [1.165, 1.54) is 11.1 Å². The van der Waals surface area contributed by atoms with Crippen molar-refractivity contribution < 1.29 is 13.9 Å². The van der Waals surface area contributed by atoms with E-state index < -0.39 is 0 Å². The van der Waals surface area contributed by atoms with Crippen LogP contribution in [-0.4, -0.2) is 7.28 Å². The normalized spacial score (nSPS) is 12.5. The maximum absolute atomic E-state index is 6.52. The second kappa shape index (κ2) is 13.4. The number of nitrogens with zero attached hydrogens (tertiary/aromatic N) is 1. The highest BCUT2D eigenvalue weighted by atomic mass is 16.6. The average molecular weight is 772 g/mol. The fraction of sp³-hybridized carbons (Fsp3) is 0.0370. The van der Waals surface area contributed by atoms with Crippen LogP contribution in [0.15, 0.2) is 180 Å². The number of furan rings is 1. The van der Waals surface area contributed by atoms with Gasteiger partial charge in [-0.05, 0) is 119 Å². The lowest BCUT2D eigenvalue weighted by molar-refractivity contribution is 0.360. The Morgan fingerprint density at radius 2 is 1.20 bits per heavy atom. The van der Waals surface area contributed by atoms with E-state index >= 15 is 0 Å². The van der Waals surface area contributed by atoms with E-state index in [1.54, 1.807) is 0 Å². The van der Waals surface area contributed by atoms with Gasteiger partial charge in [-0.25, -0.2) is 0 Å². The largest absolute Gasteiger partial charge is 0.454 e. The Kier molecular flexibility index (Phi) is 7.69. The summed E-state index contributed by atoms with van der Waals surface area (Å²) in [5.41, 5.74) is 15.8. The Bertz CT molecular complexity index is 3370. The molecule has 0 atom stereocenters. The molecule has 0 fully saturated rings. The summed E-state index contributed by atoms with van der Waals surface area (Å²) in [4.78, 5) is 2.40. The summed E-state index contributed by atoms with van der Waals surface area (Å²) in [7, 11) is 2.31. The summed E-state index contributed by atoms with van der Waals surface area (Å²) in [6, 6.07) is 61.7. The Morgan fingerprint density at radius 1 is 0.483 bits per heavy atom. The van der Waals surface area contributed by atoms with Crippen molar-refractivity contribution in [2.45, 2.75) is 13.8 Å². The van der Waals surface area contributed by atoms with Crippen molar-refractivity contribution in [3.63, 3.8) is 0 Å². The number of hydrogen-bond acceptors (Lipinski definition) is 5. The number of hydrogen-bond donors (Lipinski definition) is 1. The topological polar surface area (TPSA) is 46.9 Å². The second-order valence-electron chi connectivity index (χ2n) is 15.8. The number of fused-ring (bicyclic) bond motifs is 8. The van der Waals surface area contributed by atoms with Crippen molar-refractivity contribution in [3.05, 3.63) is 187 Å². The molecule has 283 valence electrons. The van der Waals surface area contributed by atoms with Crippen LogP contribution in [-0.2, 0) is 0 Å². The van der Waals surface area contributed by atoms with Crippen molar-refractivity contribution in [1.82, 2.24) is 0 Å². The monoisotopic (exact) mass is 771 g/mol. The van der Waals surface area contributed by atoms with E-state index in [9.17, 15) is 0 Å². The van der Waals surface area contributed by atoms with Gasteiger partial charge in [-0.15, -0.1) is 0 Å². The second-order valence-corrected chi connectivity index (χ2v) is 15.8. The SMILES string of the molecule is Cc1cc(-c2cc3ccccc3cc2Nc2cccc3c2oc2ccccc23)c2c(c1)N(c1ccc(-c3ccccc3)cc1C)c1cc3c(cc1[B]2)Oc1ccccc1O3. The van der Waals surface area contributed by atoms with E-state index in [2.05, 4.69) is 171 Å². The molecular formula is C54H36BN2O3. The van der Waals surface area contributed by atoms with Crippen molar-refractivity contribution in [2.24, 2.45) is 0 Å². The highest BCUT2D eigenvalue weighted by Crippen LogP contribution is 2.49. The molecule has 0 saturated heterocycles. The first-order chi connectivity index (χ1) is 29.5. The first-order valence-corrected chi connectivity index (χ1v) is 20.3. The number of para-hydroxylation sites is 4. The molecule has 5 nitrogen and oxygen atoms in total. The van der Waals surface area contributed by atoms with E-state index in [0.717, 1.165) is 94.3 Å². The molecule has 12 rings (SSSR count). The molecule has 60 heavy (non-hydrogen) atoms. The molecule has 1 aromatic heterocycles. The minimum absolute atomic E-state index is 0.682. The molecule has 2 aliphatic rings. The summed E-state index contributed by atoms with van der Waals surface area (Å²) in [6.45, 7) is 4.39. The van der Waals surface area contributed by atoms with Crippen LogP contribution in [0.5, 0.6) is 23.0 Å². The van der Waals surface area contributed by atoms with E-state index in [1.807, 2.05) is 36.4 Å². The third kappa shape index (κ3) is 5.56. The van der Waals surface area contributed by atoms with Gasteiger partial charge in [0, 0.05) is 45.2 Å². The molecule has 9 aromatic carbocycles. The maximum atomic E-state index is 6.52. The standard InChI is InChI=1S/C54H36BN2O3/c1-32-25-41(40-28-35-15-6-7-16-36(35)29-44(40)56-43-19-12-18-39-38-17-8-9-20-48(38)60-54(39)43)53-47(26-32)57(45-24-23-37(27-33(45)2)34-13-4-3-5-14-34)46-31-52-51(30-42(46)55-53)58-49-21-10-11-22-50(49)59-52/h3-31,56H,1-2H3. The first-order valence-electron chi connectivity index (χ1n) is 20.3. The lowest BCUT2D eigenvalue weighted by atomic mass is 9.58. The lowest BCUT2D eigenvalue weighted by Crippen LogP contribution is -2.41.